The second-order valence-electron chi connectivity index (χ2n) is 5.10. The average Bonchev–Trinajstić information content (AvgIpc) is 2.47. The van der Waals surface area contributed by atoms with Crippen LogP contribution in [0.3, 0.4) is 0 Å². The molecule has 2 aromatic carbocycles. The van der Waals surface area contributed by atoms with Crippen LogP contribution in [0.1, 0.15) is 27.9 Å². The molecule has 0 aliphatic carbocycles. The van der Waals surface area contributed by atoms with E-state index in [1.54, 1.807) is 18.2 Å². The Balaban J connectivity index is 1.74. The molecule has 3 rings (SSSR count). The summed E-state index contributed by atoms with van der Waals surface area (Å²) in [6.45, 7) is 0. The molecule has 3 heteroatoms. The molecule has 0 bridgehead atoms. The number of rotatable bonds is 3. The van der Waals surface area contributed by atoms with Crippen LogP contribution in [-0.4, -0.2) is 17.2 Å². The van der Waals surface area contributed by atoms with Crippen LogP contribution >= 0.6 is 0 Å². The van der Waals surface area contributed by atoms with Crippen molar-refractivity contribution in [3.05, 3.63) is 65.2 Å². The van der Waals surface area contributed by atoms with E-state index < -0.39 is 5.97 Å². The van der Waals surface area contributed by atoms with Gasteiger partial charge in [0.1, 0.15) is 11.9 Å². The zero-order chi connectivity index (χ0) is 13.9. The van der Waals surface area contributed by atoms with E-state index in [4.69, 9.17) is 9.84 Å². The highest BCUT2D eigenvalue weighted by Gasteiger charge is 2.21. The van der Waals surface area contributed by atoms with Gasteiger partial charge >= 0.3 is 5.97 Å². The molecular weight excluding hydrogens is 252 g/mol. The van der Waals surface area contributed by atoms with Gasteiger partial charge in [-0.25, -0.2) is 4.79 Å². The van der Waals surface area contributed by atoms with Crippen LogP contribution in [0.4, 0.5) is 0 Å². The molecule has 1 unspecified atom stereocenters. The highest BCUT2D eigenvalue weighted by Crippen LogP contribution is 2.29. The predicted octanol–water partition coefficient (Wildman–Crippen LogP) is 3.32. The van der Waals surface area contributed by atoms with Crippen LogP contribution in [0.2, 0.25) is 0 Å². The minimum absolute atomic E-state index is 0.167. The number of carbonyl (C=O) groups is 1. The van der Waals surface area contributed by atoms with Crippen molar-refractivity contribution in [2.45, 2.75) is 25.4 Å². The van der Waals surface area contributed by atoms with Gasteiger partial charge in [0, 0.05) is 6.42 Å². The third-order valence-corrected chi connectivity index (χ3v) is 3.64. The molecule has 0 saturated carbocycles. The topological polar surface area (TPSA) is 46.5 Å². The van der Waals surface area contributed by atoms with Gasteiger partial charge in [0.15, 0.2) is 0 Å². The summed E-state index contributed by atoms with van der Waals surface area (Å²) in [5, 5.41) is 8.99. The van der Waals surface area contributed by atoms with Crippen molar-refractivity contribution in [3.63, 3.8) is 0 Å². The Hall–Kier alpha value is -2.29. The number of hydrogen-bond donors (Lipinski definition) is 1. The van der Waals surface area contributed by atoms with Crippen LogP contribution in [0.25, 0.3) is 0 Å². The SMILES string of the molecule is O=C(O)c1ccc2c(c1)CCC(Cc1ccccc1)O2. The number of carboxylic acids is 1. The van der Waals surface area contributed by atoms with Crippen molar-refractivity contribution in [1.29, 1.82) is 0 Å². The van der Waals surface area contributed by atoms with Crippen LogP contribution in [-0.2, 0) is 12.8 Å². The summed E-state index contributed by atoms with van der Waals surface area (Å²) in [6, 6.07) is 15.4. The summed E-state index contributed by atoms with van der Waals surface area (Å²) in [4.78, 5) is 11.0. The van der Waals surface area contributed by atoms with Gasteiger partial charge in [-0.2, -0.15) is 0 Å². The molecule has 0 fully saturated rings. The van der Waals surface area contributed by atoms with Crippen LogP contribution in [0, 0.1) is 0 Å². The van der Waals surface area contributed by atoms with E-state index in [1.807, 2.05) is 18.2 Å². The van der Waals surface area contributed by atoms with Gasteiger partial charge in [-0.1, -0.05) is 30.3 Å². The molecule has 1 aliphatic rings. The zero-order valence-corrected chi connectivity index (χ0v) is 11.1. The fraction of sp³-hybridized carbons (Fsp3) is 0.235. The lowest BCUT2D eigenvalue weighted by Crippen LogP contribution is -2.25. The molecule has 3 nitrogen and oxygen atoms in total. The third kappa shape index (κ3) is 2.67. The van der Waals surface area contributed by atoms with Crippen molar-refractivity contribution in [2.75, 3.05) is 0 Å². The number of aromatic carboxylic acids is 1. The van der Waals surface area contributed by atoms with E-state index in [0.29, 0.717) is 5.56 Å². The van der Waals surface area contributed by atoms with E-state index in [9.17, 15) is 4.79 Å². The van der Waals surface area contributed by atoms with E-state index in [0.717, 1.165) is 30.6 Å². The number of hydrogen-bond acceptors (Lipinski definition) is 2. The highest BCUT2D eigenvalue weighted by molar-refractivity contribution is 5.88. The lowest BCUT2D eigenvalue weighted by molar-refractivity contribution is 0.0696. The Labute approximate surface area is 117 Å². The fourth-order valence-electron chi connectivity index (χ4n) is 2.60. The maximum absolute atomic E-state index is 11.0. The fourth-order valence-corrected chi connectivity index (χ4v) is 2.60. The van der Waals surface area contributed by atoms with Gasteiger partial charge in [0.05, 0.1) is 5.56 Å². The quantitative estimate of drug-likeness (QED) is 0.928. The van der Waals surface area contributed by atoms with E-state index >= 15 is 0 Å². The van der Waals surface area contributed by atoms with Gasteiger partial charge in [-0.3, -0.25) is 0 Å². The van der Waals surface area contributed by atoms with E-state index in [-0.39, 0.29) is 6.10 Å². The van der Waals surface area contributed by atoms with Gasteiger partial charge in [-0.15, -0.1) is 0 Å². The van der Waals surface area contributed by atoms with Gasteiger partial charge in [0.25, 0.3) is 0 Å². The predicted molar refractivity (Wildman–Crippen MR) is 76.3 cm³/mol. The summed E-state index contributed by atoms with van der Waals surface area (Å²) in [6.07, 6.45) is 2.85. The van der Waals surface area contributed by atoms with Crippen molar-refractivity contribution >= 4 is 5.97 Å². The van der Waals surface area contributed by atoms with Gasteiger partial charge < -0.3 is 9.84 Å². The van der Waals surface area contributed by atoms with Crippen LogP contribution in [0.5, 0.6) is 5.75 Å². The molecule has 1 N–H and O–H groups in total. The molecule has 0 spiro atoms. The number of aryl methyl sites for hydroxylation is 1. The Bertz CT molecular complexity index is 619. The average molecular weight is 268 g/mol. The number of carboxylic acid groups (broad SMARTS) is 1. The molecule has 1 heterocycles. The summed E-state index contributed by atoms with van der Waals surface area (Å²) in [5.41, 5.74) is 2.59. The largest absolute Gasteiger partial charge is 0.490 e. The van der Waals surface area contributed by atoms with E-state index in [1.165, 1.54) is 5.56 Å². The molecular formula is C17H16O3. The Kier molecular flexibility index (Phi) is 3.42. The molecule has 0 radical (unpaired) electrons. The Morgan fingerprint density at radius 2 is 2.00 bits per heavy atom. The molecule has 0 amide bonds. The first-order valence-corrected chi connectivity index (χ1v) is 6.79. The third-order valence-electron chi connectivity index (χ3n) is 3.64. The minimum Gasteiger partial charge on any atom is -0.490 e. The second-order valence-corrected chi connectivity index (χ2v) is 5.10. The van der Waals surface area contributed by atoms with Crippen LogP contribution < -0.4 is 4.74 Å². The monoisotopic (exact) mass is 268 g/mol. The molecule has 1 aliphatic heterocycles. The summed E-state index contributed by atoms with van der Waals surface area (Å²) in [5.74, 6) is -0.0682. The number of fused-ring (bicyclic) bond motifs is 1. The minimum atomic E-state index is -0.890. The molecule has 2 aromatic rings. The van der Waals surface area contributed by atoms with Gasteiger partial charge in [0.2, 0.25) is 0 Å². The normalized spacial score (nSPS) is 17.1. The Morgan fingerprint density at radius 1 is 1.20 bits per heavy atom. The first kappa shape index (κ1) is 12.7. The van der Waals surface area contributed by atoms with Crippen LogP contribution in [0.15, 0.2) is 48.5 Å². The maximum Gasteiger partial charge on any atom is 0.335 e. The maximum atomic E-state index is 11.0. The van der Waals surface area contributed by atoms with Crippen molar-refractivity contribution in [3.8, 4) is 5.75 Å². The number of benzene rings is 2. The molecule has 20 heavy (non-hydrogen) atoms. The van der Waals surface area contributed by atoms with Crippen molar-refractivity contribution in [1.82, 2.24) is 0 Å². The number of ether oxygens (including phenoxy) is 1. The van der Waals surface area contributed by atoms with E-state index in [2.05, 4.69) is 12.1 Å². The Morgan fingerprint density at radius 3 is 2.75 bits per heavy atom. The lowest BCUT2D eigenvalue weighted by Gasteiger charge is -2.26. The van der Waals surface area contributed by atoms with Gasteiger partial charge in [-0.05, 0) is 42.2 Å². The second kappa shape index (κ2) is 5.37. The highest BCUT2D eigenvalue weighted by atomic mass is 16.5. The molecule has 102 valence electrons. The first-order chi connectivity index (χ1) is 9.72. The summed E-state index contributed by atoms with van der Waals surface area (Å²) >= 11 is 0. The summed E-state index contributed by atoms with van der Waals surface area (Å²) < 4.78 is 5.98. The molecule has 1 atom stereocenters. The lowest BCUT2D eigenvalue weighted by atomic mass is 9.96. The van der Waals surface area contributed by atoms with Crippen molar-refractivity contribution in [2.24, 2.45) is 0 Å². The molecule has 0 aromatic heterocycles. The molecule has 0 saturated heterocycles. The van der Waals surface area contributed by atoms with Crippen molar-refractivity contribution < 1.29 is 14.6 Å². The zero-order valence-electron chi connectivity index (χ0n) is 11.1. The summed E-state index contributed by atoms with van der Waals surface area (Å²) in [7, 11) is 0. The smallest absolute Gasteiger partial charge is 0.335 e. The standard InChI is InChI=1S/C17H16O3/c18-17(19)14-7-9-16-13(11-14)6-8-15(20-16)10-12-4-2-1-3-5-12/h1-5,7,9,11,15H,6,8,10H2,(H,18,19). The first-order valence-electron chi connectivity index (χ1n) is 6.79.